The Bertz CT molecular complexity index is 598. The van der Waals surface area contributed by atoms with Gasteiger partial charge in [0, 0.05) is 11.6 Å². The van der Waals surface area contributed by atoms with Gasteiger partial charge in [-0.1, -0.05) is 44.2 Å². The normalized spacial score (nSPS) is 35.5. The summed E-state index contributed by atoms with van der Waals surface area (Å²) >= 11 is 0. The van der Waals surface area contributed by atoms with Gasteiger partial charge in [0.15, 0.2) is 0 Å². The van der Waals surface area contributed by atoms with Crippen molar-refractivity contribution in [3.8, 4) is 0 Å². The molecule has 110 valence electrons. The second-order valence-electron chi connectivity index (χ2n) is 6.58. The quantitative estimate of drug-likeness (QED) is 0.686. The SMILES string of the molecule is CC=CC1(C2CC=CC(C)=C2c2ccccn2)C(C)C1C. The molecule has 0 saturated heterocycles. The fourth-order valence-electron chi connectivity index (χ4n) is 4.40. The highest BCUT2D eigenvalue weighted by atomic mass is 14.7. The summed E-state index contributed by atoms with van der Waals surface area (Å²) in [5.41, 5.74) is 4.29. The Morgan fingerprint density at radius 2 is 2.00 bits per heavy atom. The van der Waals surface area contributed by atoms with Gasteiger partial charge in [-0.15, -0.1) is 0 Å². The van der Waals surface area contributed by atoms with E-state index < -0.39 is 0 Å². The first-order valence-corrected chi connectivity index (χ1v) is 8.05. The fourth-order valence-corrected chi connectivity index (χ4v) is 4.40. The Hall–Kier alpha value is -1.63. The van der Waals surface area contributed by atoms with Crippen LogP contribution in [0.1, 0.15) is 39.8 Å². The van der Waals surface area contributed by atoms with Gasteiger partial charge in [-0.05, 0) is 61.3 Å². The van der Waals surface area contributed by atoms with Gasteiger partial charge in [-0.25, -0.2) is 0 Å². The van der Waals surface area contributed by atoms with Gasteiger partial charge in [0.25, 0.3) is 0 Å². The van der Waals surface area contributed by atoms with Crippen molar-refractivity contribution in [2.45, 2.75) is 34.1 Å². The Balaban J connectivity index is 2.09. The fraction of sp³-hybridized carbons (Fsp3) is 0.450. The van der Waals surface area contributed by atoms with Crippen LogP contribution in [0.2, 0.25) is 0 Å². The molecule has 1 fully saturated rings. The molecule has 0 N–H and O–H groups in total. The van der Waals surface area contributed by atoms with Crippen LogP contribution >= 0.6 is 0 Å². The van der Waals surface area contributed by atoms with Crippen molar-refractivity contribution >= 4 is 5.57 Å². The van der Waals surface area contributed by atoms with Crippen molar-refractivity contribution in [3.63, 3.8) is 0 Å². The second kappa shape index (κ2) is 5.29. The van der Waals surface area contributed by atoms with E-state index in [-0.39, 0.29) is 0 Å². The molecule has 0 aromatic carbocycles. The summed E-state index contributed by atoms with van der Waals surface area (Å²) < 4.78 is 0. The molecule has 3 atom stereocenters. The molecule has 0 amide bonds. The van der Waals surface area contributed by atoms with E-state index in [1.807, 2.05) is 12.3 Å². The highest BCUT2D eigenvalue weighted by Gasteiger charge is 2.62. The largest absolute Gasteiger partial charge is 0.257 e. The maximum Gasteiger partial charge on any atom is 0.0667 e. The zero-order chi connectivity index (χ0) is 15.0. The number of nitrogens with zero attached hydrogens (tertiary/aromatic N) is 1. The van der Waals surface area contributed by atoms with Gasteiger partial charge in [0.05, 0.1) is 5.69 Å². The first kappa shape index (κ1) is 14.3. The van der Waals surface area contributed by atoms with Crippen molar-refractivity contribution < 1.29 is 0 Å². The van der Waals surface area contributed by atoms with Gasteiger partial charge < -0.3 is 0 Å². The van der Waals surface area contributed by atoms with E-state index in [0.29, 0.717) is 11.3 Å². The highest BCUT2D eigenvalue weighted by molar-refractivity contribution is 5.73. The van der Waals surface area contributed by atoms with Crippen molar-refractivity contribution in [1.82, 2.24) is 4.98 Å². The lowest BCUT2D eigenvalue weighted by Crippen LogP contribution is -2.21. The van der Waals surface area contributed by atoms with Crippen molar-refractivity contribution in [1.29, 1.82) is 0 Å². The van der Waals surface area contributed by atoms with E-state index in [4.69, 9.17) is 0 Å². The molecule has 1 aromatic heterocycles. The lowest BCUT2D eigenvalue weighted by atomic mass is 9.73. The number of hydrogen-bond acceptors (Lipinski definition) is 1. The average Bonchev–Trinajstić information content (AvgIpc) is 3.02. The summed E-state index contributed by atoms with van der Waals surface area (Å²) in [6, 6.07) is 6.25. The summed E-state index contributed by atoms with van der Waals surface area (Å²) in [6.45, 7) is 9.17. The molecule has 3 unspecified atom stereocenters. The van der Waals surface area contributed by atoms with Crippen LogP contribution < -0.4 is 0 Å². The summed E-state index contributed by atoms with van der Waals surface area (Å²) in [6.07, 6.45) is 12.3. The predicted octanol–water partition coefficient (Wildman–Crippen LogP) is 5.28. The van der Waals surface area contributed by atoms with Crippen molar-refractivity contribution in [2.75, 3.05) is 0 Å². The summed E-state index contributed by atoms with van der Waals surface area (Å²) in [7, 11) is 0. The van der Waals surface area contributed by atoms with E-state index in [9.17, 15) is 0 Å². The molecule has 0 radical (unpaired) electrons. The van der Waals surface area contributed by atoms with E-state index >= 15 is 0 Å². The average molecular weight is 279 g/mol. The molecule has 1 heterocycles. The van der Waals surface area contributed by atoms with Crippen LogP contribution in [0.25, 0.3) is 5.57 Å². The molecule has 3 rings (SSSR count). The lowest BCUT2D eigenvalue weighted by molar-refractivity contribution is 0.416. The van der Waals surface area contributed by atoms with Gasteiger partial charge in [0.2, 0.25) is 0 Å². The molecular weight excluding hydrogens is 254 g/mol. The van der Waals surface area contributed by atoms with Crippen molar-refractivity contribution in [3.05, 3.63) is 60.0 Å². The number of pyridine rings is 1. The molecule has 1 aromatic rings. The molecule has 2 aliphatic carbocycles. The third-order valence-corrected chi connectivity index (χ3v) is 5.73. The second-order valence-corrected chi connectivity index (χ2v) is 6.58. The Labute approximate surface area is 128 Å². The van der Waals surface area contributed by atoms with Crippen LogP contribution in [0.15, 0.2) is 54.3 Å². The Morgan fingerprint density at radius 3 is 2.57 bits per heavy atom. The molecule has 1 nitrogen and oxygen atoms in total. The van der Waals surface area contributed by atoms with Crippen LogP contribution in [0.4, 0.5) is 0 Å². The smallest absolute Gasteiger partial charge is 0.0667 e. The molecule has 2 aliphatic rings. The number of allylic oxidation sites excluding steroid dienone is 6. The van der Waals surface area contributed by atoms with Gasteiger partial charge in [-0.2, -0.15) is 0 Å². The molecule has 0 spiro atoms. The summed E-state index contributed by atoms with van der Waals surface area (Å²) in [5, 5.41) is 0. The maximum atomic E-state index is 4.64. The van der Waals surface area contributed by atoms with E-state index in [2.05, 4.69) is 69.1 Å². The zero-order valence-corrected chi connectivity index (χ0v) is 13.5. The minimum Gasteiger partial charge on any atom is -0.257 e. The van der Waals surface area contributed by atoms with Gasteiger partial charge >= 0.3 is 0 Å². The monoisotopic (exact) mass is 279 g/mol. The Morgan fingerprint density at radius 1 is 1.24 bits per heavy atom. The molecule has 0 aliphatic heterocycles. The number of rotatable bonds is 3. The first-order chi connectivity index (χ1) is 10.1. The third kappa shape index (κ3) is 2.10. The van der Waals surface area contributed by atoms with Crippen LogP contribution in [-0.2, 0) is 0 Å². The van der Waals surface area contributed by atoms with Gasteiger partial charge in [0.1, 0.15) is 0 Å². The predicted molar refractivity (Wildman–Crippen MR) is 89.7 cm³/mol. The number of aromatic nitrogens is 1. The van der Waals surface area contributed by atoms with Crippen molar-refractivity contribution in [2.24, 2.45) is 23.2 Å². The van der Waals surface area contributed by atoms with Crippen LogP contribution in [-0.4, -0.2) is 4.98 Å². The van der Waals surface area contributed by atoms with Gasteiger partial charge in [-0.3, -0.25) is 4.98 Å². The zero-order valence-electron chi connectivity index (χ0n) is 13.5. The minimum absolute atomic E-state index is 0.313. The van der Waals surface area contributed by atoms with E-state index in [1.165, 1.54) is 11.1 Å². The maximum absolute atomic E-state index is 4.64. The van der Waals surface area contributed by atoms with Crippen LogP contribution in [0.5, 0.6) is 0 Å². The summed E-state index contributed by atoms with van der Waals surface area (Å²) in [5.74, 6) is 2.05. The minimum atomic E-state index is 0.313. The standard InChI is InChI=1S/C20H25N/c1-5-12-20(15(3)16(20)4)17-10-8-9-14(2)19(17)18-11-6-7-13-21-18/h5-9,11-13,15-17H,10H2,1-4H3. The van der Waals surface area contributed by atoms with E-state index in [1.54, 1.807) is 0 Å². The van der Waals surface area contributed by atoms with Crippen LogP contribution in [0.3, 0.4) is 0 Å². The number of hydrogen-bond donors (Lipinski definition) is 0. The molecule has 1 heteroatoms. The Kier molecular flexibility index (Phi) is 3.61. The summed E-state index contributed by atoms with van der Waals surface area (Å²) in [4.78, 5) is 4.64. The molecule has 0 bridgehead atoms. The van der Waals surface area contributed by atoms with E-state index in [0.717, 1.165) is 24.0 Å². The topological polar surface area (TPSA) is 12.9 Å². The first-order valence-electron chi connectivity index (χ1n) is 8.05. The molecule has 1 saturated carbocycles. The van der Waals surface area contributed by atoms with Crippen LogP contribution in [0, 0.1) is 23.2 Å². The molecule has 21 heavy (non-hydrogen) atoms. The third-order valence-electron chi connectivity index (χ3n) is 5.73. The lowest BCUT2D eigenvalue weighted by Gasteiger charge is -2.31. The highest BCUT2D eigenvalue weighted by Crippen LogP contribution is 2.67. The molecular formula is C20H25N.